The molecule has 0 fully saturated rings. The zero-order valence-electron chi connectivity index (χ0n) is 11.5. The fourth-order valence-corrected chi connectivity index (χ4v) is 1.87. The molecule has 0 amide bonds. The summed E-state index contributed by atoms with van der Waals surface area (Å²) in [6.07, 6.45) is 1.69. The average molecular weight is 246 g/mol. The minimum Gasteiger partial charge on any atom is -0.309 e. The number of hydrogen-bond acceptors (Lipinski definition) is 4. The molecular formula is C14H22N4. The molecule has 0 radical (unpaired) electrons. The van der Waals surface area contributed by atoms with E-state index in [1.165, 1.54) is 0 Å². The maximum absolute atomic E-state index is 8.78. The standard InChI is InChI=1S/C14H22N4/c1-4-18(5-2)11-12(3)17-10-13-6-7-16-14(8-13)9-15/h6-8,12,17H,4-5,10-11H2,1-3H3. The van der Waals surface area contributed by atoms with Crippen molar-refractivity contribution >= 4 is 0 Å². The van der Waals surface area contributed by atoms with E-state index in [1.54, 1.807) is 6.20 Å². The van der Waals surface area contributed by atoms with Gasteiger partial charge in [-0.15, -0.1) is 0 Å². The van der Waals surface area contributed by atoms with Crippen LogP contribution in [0.5, 0.6) is 0 Å². The number of likely N-dealkylation sites (N-methyl/N-ethyl adjacent to an activating group) is 1. The molecule has 98 valence electrons. The van der Waals surface area contributed by atoms with E-state index in [0.29, 0.717) is 11.7 Å². The summed E-state index contributed by atoms with van der Waals surface area (Å²) in [5.41, 5.74) is 1.58. The predicted octanol–water partition coefficient (Wildman–Crippen LogP) is 1.77. The van der Waals surface area contributed by atoms with E-state index in [0.717, 1.165) is 31.7 Å². The summed E-state index contributed by atoms with van der Waals surface area (Å²) in [7, 11) is 0. The van der Waals surface area contributed by atoms with Gasteiger partial charge in [0.25, 0.3) is 0 Å². The first-order valence-corrected chi connectivity index (χ1v) is 6.50. The molecule has 0 saturated carbocycles. The first-order chi connectivity index (χ1) is 8.69. The Kier molecular flexibility index (Phi) is 6.34. The van der Waals surface area contributed by atoms with Crippen molar-refractivity contribution in [3.63, 3.8) is 0 Å². The van der Waals surface area contributed by atoms with Crippen LogP contribution in [0.15, 0.2) is 18.3 Å². The fourth-order valence-electron chi connectivity index (χ4n) is 1.87. The zero-order valence-corrected chi connectivity index (χ0v) is 11.5. The van der Waals surface area contributed by atoms with Crippen LogP contribution in [0.2, 0.25) is 0 Å². The number of pyridine rings is 1. The Morgan fingerprint density at radius 3 is 2.78 bits per heavy atom. The Labute approximate surface area is 110 Å². The minimum atomic E-state index is 0.434. The molecule has 1 N–H and O–H groups in total. The van der Waals surface area contributed by atoms with Gasteiger partial charge in [0, 0.05) is 25.3 Å². The van der Waals surface area contributed by atoms with Gasteiger partial charge in [-0.3, -0.25) is 0 Å². The second kappa shape index (κ2) is 7.80. The van der Waals surface area contributed by atoms with Crippen LogP contribution in [0, 0.1) is 11.3 Å². The molecular weight excluding hydrogens is 224 g/mol. The predicted molar refractivity (Wildman–Crippen MR) is 73.0 cm³/mol. The van der Waals surface area contributed by atoms with E-state index in [1.807, 2.05) is 12.1 Å². The Bertz CT molecular complexity index is 393. The van der Waals surface area contributed by atoms with Crippen molar-refractivity contribution in [1.29, 1.82) is 5.26 Å². The van der Waals surface area contributed by atoms with Gasteiger partial charge >= 0.3 is 0 Å². The summed E-state index contributed by atoms with van der Waals surface area (Å²) >= 11 is 0. The lowest BCUT2D eigenvalue weighted by Crippen LogP contribution is -2.38. The molecule has 18 heavy (non-hydrogen) atoms. The van der Waals surface area contributed by atoms with Crippen LogP contribution in [0.1, 0.15) is 32.0 Å². The number of rotatable bonds is 7. The lowest BCUT2D eigenvalue weighted by Gasteiger charge is -2.23. The van der Waals surface area contributed by atoms with E-state index in [4.69, 9.17) is 5.26 Å². The molecule has 0 saturated heterocycles. The van der Waals surface area contributed by atoms with E-state index in [9.17, 15) is 0 Å². The molecule has 1 atom stereocenters. The Hall–Kier alpha value is -1.44. The summed E-state index contributed by atoms with van der Waals surface area (Å²) in [5.74, 6) is 0. The number of nitrogens with zero attached hydrogens (tertiary/aromatic N) is 3. The summed E-state index contributed by atoms with van der Waals surface area (Å²) < 4.78 is 0. The lowest BCUT2D eigenvalue weighted by molar-refractivity contribution is 0.270. The highest BCUT2D eigenvalue weighted by molar-refractivity contribution is 5.25. The van der Waals surface area contributed by atoms with Crippen molar-refractivity contribution in [2.45, 2.75) is 33.4 Å². The minimum absolute atomic E-state index is 0.434. The van der Waals surface area contributed by atoms with Crippen LogP contribution < -0.4 is 5.32 Å². The molecule has 4 heteroatoms. The van der Waals surface area contributed by atoms with E-state index < -0.39 is 0 Å². The van der Waals surface area contributed by atoms with E-state index >= 15 is 0 Å². The third kappa shape index (κ3) is 4.82. The Morgan fingerprint density at radius 1 is 1.44 bits per heavy atom. The lowest BCUT2D eigenvalue weighted by atomic mass is 10.2. The topological polar surface area (TPSA) is 52.0 Å². The van der Waals surface area contributed by atoms with Crippen molar-refractivity contribution in [2.24, 2.45) is 0 Å². The maximum Gasteiger partial charge on any atom is 0.140 e. The van der Waals surface area contributed by atoms with Gasteiger partial charge in [0.1, 0.15) is 11.8 Å². The molecule has 1 rings (SSSR count). The van der Waals surface area contributed by atoms with Gasteiger partial charge in [-0.2, -0.15) is 5.26 Å². The van der Waals surface area contributed by atoms with Gasteiger partial charge in [-0.05, 0) is 37.7 Å². The number of aromatic nitrogens is 1. The zero-order chi connectivity index (χ0) is 13.4. The second-order valence-corrected chi connectivity index (χ2v) is 4.43. The van der Waals surface area contributed by atoms with Crippen LogP contribution in [-0.2, 0) is 6.54 Å². The summed E-state index contributed by atoms with van der Waals surface area (Å²) in [6.45, 7) is 10.5. The quantitative estimate of drug-likeness (QED) is 0.796. The number of nitrogens with one attached hydrogen (secondary N) is 1. The van der Waals surface area contributed by atoms with Gasteiger partial charge in [-0.25, -0.2) is 4.98 Å². The molecule has 4 nitrogen and oxygen atoms in total. The Balaban J connectivity index is 2.42. The molecule has 1 unspecified atom stereocenters. The van der Waals surface area contributed by atoms with Crippen molar-refractivity contribution in [2.75, 3.05) is 19.6 Å². The molecule has 0 aliphatic carbocycles. The highest BCUT2D eigenvalue weighted by atomic mass is 15.1. The summed E-state index contributed by atoms with van der Waals surface area (Å²) in [4.78, 5) is 6.36. The summed E-state index contributed by atoms with van der Waals surface area (Å²) in [5, 5.41) is 12.3. The van der Waals surface area contributed by atoms with Crippen LogP contribution >= 0.6 is 0 Å². The van der Waals surface area contributed by atoms with Crippen LogP contribution in [0.25, 0.3) is 0 Å². The highest BCUT2D eigenvalue weighted by Crippen LogP contribution is 2.01. The molecule has 1 aromatic heterocycles. The van der Waals surface area contributed by atoms with Gasteiger partial charge in [0.2, 0.25) is 0 Å². The summed E-state index contributed by atoms with van der Waals surface area (Å²) in [6, 6.07) is 6.27. The van der Waals surface area contributed by atoms with Crippen LogP contribution in [0.3, 0.4) is 0 Å². The highest BCUT2D eigenvalue weighted by Gasteiger charge is 2.06. The monoisotopic (exact) mass is 246 g/mol. The third-order valence-electron chi connectivity index (χ3n) is 3.02. The van der Waals surface area contributed by atoms with Gasteiger partial charge < -0.3 is 10.2 Å². The van der Waals surface area contributed by atoms with Crippen LogP contribution in [-0.4, -0.2) is 35.6 Å². The smallest absolute Gasteiger partial charge is 0.140 e. The van der Waals surface area contributed by atoms with Crippen molar-refractivity contribution < 1.29 is 0 Å². The van der Waals surface area contributed by atoms with Crippen molar-refractivity contribution in [3.05, 3.63) is 29.6 Å². The van der Waals surface area contributed by atoms with E-state index in [2.05, 4.69) is 42.0 Å². The SMILES string of the molecule is CCN(CC)CC(C)NCc1ccnc(C#N)c1. The first-order valence-electron chi connectivity index (χ1n) is 6.50. The average Bonchev–Trinajstić information content (AvgIpc) is 2.42. The second-order valence-electron chi connectivity index (χ2n) is 4.43. The maximum atomic E-state index is 8.78. The number of hydrogen-bond donors (Lipinski definition) is 1. The molecule has 0 bridgehead atoms. The number of nitriles is 1. The van der Waals surface area contributed by atoms with Gasteiger partial charge in [-0.1, -0.05) is 13.8 Å². The first kappa shape index (κ1) is 14.6. The molecule has 1 aromatic rings. The largest absolute Gasteiger partial charge is 0.309 e. The van der Waals surface area contributed by atoms with Crippen molar-refractivity contribution in [3.8, 4) is 6.07 Å². The molecule has 0 aromatic carbocycles. The molecule has 1 heterocycles. The molecule has 0 aliphatic rings. The third-order valence-corrected chi connectivity index (χ3v) is 3.02. The normalized spacial score (nSPS) is 12.4. The van der Waals surface area contributed by atoms with Crippen LogP contribution in [0.4, 0.5) is 0 Å². The van der Waals surface area contributed by atoms with E-state index in [-0.39, 0.29) is 0 Å². The van der Waals surface area contributed by atoms with Gasteiger partial charge in [0.05, 0.1) is 0 Å². The van der Waals surface area contributed by atoms with Gasteiger partial charge in [0.15, 0.2) is 0 Å². The Morgan fingerprint density at radius 2 is 2.17 bits per heavy atom. The molecule has 0 spiro atoms. The fraction of sp³-hybridized carbons (Fsp3) is 0.571. The molecule has 0 aliphatic heterocycles. The van der Waals surface area contributed by atoms with Crippen molar-refractivity contribution in [1.82, 2.24) is 15.2 Å².